The molecule has 226 valence electrons. The number of nitrogens with zero attached hydrogens (tertiary/aromatic N) is 2. The molecule has 1 fully saturated rings. The van der Waals surface area contributed by atoms with E-state index in [4.69, 9.17) is 0 Å². The lowest BCUT2D eigenvalue weighted by Crippen LogP contribution is -2.56. The van der Waals surface area contributed by atoms with E-state index in [2.05, 4.69) is 20.9 Å². The lowest BCUT2D eigenvalue weighted by Gasteiger charge is -2.31. The molecular weight excluding hydrogens is 578 g/mol. The molecule has 0 aliphatic carbocycles. The van der Waals surface area contributed by atoms with Gasteiger partial charge >= 0.3 is 5.97 Å². The summed E-state index contributed by atoms with van der Waals surface area (Å²) in [7, 11) is -3.98. The van der Waals surface area contributed by atoms with Crippen LogP contribution < -0.4 is 16.0 Å². The molecule has 2 aromatic carbocycles. The third kappa shape index (κ3) is 7.90. The van der Waals surface area contributed by atoms with Gasteiger partial charge in [0.05, 0.1) is 17.3 Å². The number of thioether (sulfide) groups is 1. The summed E-state index contributed by atoms with van der Waals surface area (Å²) >= 11 is 1.32. The number of ketones is 1. The summed E-state index contributed by atoms with van der Waals surface area (Å²) < 4.78 is 27.1. The maximum absolute atomic E-state index is 13.5. The number of sulfonamides is 1. The van der Waals surface area contributed by atoms with Gasteiger partial charge in [0.25, 0.3) is 0 Å². The van der Waals surface area contributed by atoms with Crippen LogP contribution in [0.25, 0.3) is 0 Å². The minimum absolute atomic E-state index is 0.00458. The Kier molecular flexibility index (Phi) is 10.3. The molecule has 13 heteroatoms. The fraction of sp³-hybridized carbons (Fsp3) is 0.448. The molecule has 4 rings (SSSR count). The Morgan fingerprint density at radius 3 is 2.45 bits per heavy atom. The van der Waals surface area contributed by atoms with Crippen molar-refractivity contribution < 1.29 is 27.9 Å². The van der Waals surface area contributed by atoms with Crippen LogP contribution in [0.3, 0.4) is 0 Å². The summed E-state index contributed by atoms with van der Waals surface area (Å²) in [6, 6.07) is 12.6. The van der Waals surface area contributed by atoms with Gasteiger partial charge in [-0.15, -0.1) is 11.8 Å². The van der Waals surface area contributed by atoms with Gasteiger partial charge in [-0.1, -0.05) is 42.5 Å². The molecule has 42 heavy (non-hydrogen) atoms. The highest BCUT2D eigenvalue weighted by molar-refractivity contribution is 8.02. The number of carboxylic acid groups (broad SMARTS) is 1. The van der Waals surface area contributed by atoms with Crippen molar-refractivity contribution in [2.24, 2.45) is 4.99 Å². The minimum Gasteiger partial charge on any atom is -0.480 e. The van der Waals surface area contributed by atoms with Crippen LogP contribution in [0.4, 0.5) is 0 Å². The van der Waals surface area contributed by atoms with Gasteiger partial charge in [-0.05, 0) is 43.5 Å². The number of Topliss-reactive ketones (excluding diaryl/α,β-unsaturated/α-hetero) is 1. The van der Waals surface area contributed by atoms with Crippen LogP contribution in [0, 0.1) is 0 Å². The quantitative estimate of drug-likeness (QED) is 0.247. The normalized spacial score (nSPS) is 19.0. The molecule has 11 nitrogen and oxygen atoms in total. The average Bonchev–Trinajstić information content (AvgIpc) is 3.59. The molecule has 4 N–H and O–H groups in total. The zero-order valence-electron chi connectivity index (χ0n) is 23.7. The number of carboxylic acids is 1. The Bertz CT molecular complexity index is 1410. The summed E-state index contributed by atoms with van der Waals surface area (Å²) in [4.78, 5) is 42.3. The molecule has 0 radical (unpaired) electrons. The summed E-state index contributed by atoms with van der Waals surface area (Å²) in [6.45, 7) is 5.79. The van der Waals surface area contributed by atoms with Crippen molar-refractivity contribution in [2.75, 3.05) is 25.5 Å². The summed E-state index contributed by atoms with van der Waals surface area (Å²) in [6.07, 6.45) is 1.41. The SMILES string of the molecule is CC1(C)SCN(S(=O)(=O)c2ccccc2)[C@@H]1C(=O)N[C@@H](Cc1ccc(CC(=O)CCCNC2=NCCN2)cc1)C(=O)O. The second kappa shape index (κ2) is 13.7. The first-order valence-corrected chi connectivity index (χ1v) is 16.3. The van der Waals surface area contributed by atoms with Crippen LogP contribution in [0.2, 0.25) is 0 Å². The number of amides is 1. The smallest absolute Gasteiger partial charge is 0.326 e. The fourth-order valence-corrected chi connectivity index (χ4v) is 8.11. The highest BCUT2D eigenvalue weighted by Crippen LogP contribution is 2.42. The molecule has 0 spiro atoms. The van der Waals surface area contributed by atoms with Gasteiger partial charge in [-0.25, -0.2) is 13.2 Å². The molecule has 0 aromatic heterocycles. The monoisotopic (exact) mass is 615 g/mol. The van der Waals surface area contributed by atoms with Crippen LogP contribution in [0.1, 0.15) is 37.8 Å². The first-order chi connectivity index (χ1) is 20.0. The lowest BCUT2D eigenvalue weighted by atomic mass is 9.99. The van der Waals surface area contributed by atoms with Crippen LogP contribution in [0.15, 0.2) is 64.5 Å². The first kappa shape index (κ1) is 31.5. The molecule has 2 aliphatic rings. The van der Waals surface area contributed by atoms with E-state index in [1.54, 1.807) is 56.3 Å². The molecule has 2 aromatic rings. The van der Waals surface area contributed by atoms with Crippen LogP contribution in [-0.4, -0.2) is 83.8 Å². The zero-order valence-corrected chi connectivity index (χ0v) is 25.3. The molecular formula is C29H37N5O6S2. The largest absolute Gasteiger partial charge is 0.480 e. The molecule has 2 heterocycles. The molecule has 1 amide bonds. The third-order valence-electron chi connectivity index (χ3n) is 7.19. The third-order valence-corrected chi connectivity index (χ3v) is 10.5. The van der Waals surface area contributed by atoms with Crippen LogP contribution in [0.5, 0.6) is 0 Å². The van der Waals surface area contributed by atoms with E-state index in [0.717, 1.165) is 28.9 Å². The van der Waals surface area contributed by atoms with Crippen molar-refractivity contribution >= 4 is 45.4 Å². The summed E-state index contributed by atoms with van der Waals surface area (Å²) in [5, 5.41) is 18.8. The highest BCUT2D eigenvalue weighted by Gasteiger charge is 2.51. The maximum Gasteiger partial charge on any atom is 0.326 e. The van der Waals surface area contributed by atoms with Crippen molar-refractivity contribution in [3.8, 4) is 0 Å². The number of benzene rings is 2. The van der Waals surface area contributed by atoms with Crippen LogP contribution >= 0.6 is 11.8 Å². The minimum atomic E-state index is -3.98. The van der Waals surface area contributed by atoms with Crippen LogP contribution in [-0.2, 0) is 37.2 Å². The van der Waals surface area contributed by atoms with E-state index in [1.807, 2.05) is 0 Å². The van der Waals surface area contributed by atoms with Gasteiger partial charge in [-0.2, -0.15) is 4.31 Å². The molecule has 0 unspecified atom stereocenters. The van der Waals surface area contributed by atoms with E-state index in [-0.39, 0.29) is 29.4 Å². The number of carbonyl (C=O) groups excluding carboxylic acids is 2. The van der Waals surface area contributed by atoms with Crippen molar-refractivity contribution in [3.05, 3.63) is 65.7 Å². The van der Waals surface area contributed by atoms with Gasteiger partial charge in [0, 0.05) is 37.1 Å². The number of hydrogen-bond donors (Lipinski definition) is 4. The van der Waals surface area contributed by atoms with Crippen molar-refractivity contribution in [1.82, 2.24) is 20.3 Å². The molecule has 2 atom stereocenters. The van der Waals surface area contributed by atoms with Crippen molar-refractivity contribution in [2.45, 2.75) is 61.3 Å². The van der Waals surface area contributed by atoms with Crippen molar-refractivity contribution in [3.63, 3.8) is 0 Å². The van der Waals surface area contributed by atoms with Gasteiger partial charge in [0.2, 0.25) is 15.9 Å². The number of nitrogens with one attached hydrogen (secondary N) is 3. The zero-order chi connectivity index (χ0) is 30.3. The predicted molar refractivity (Wildman–Crippen MR) is 162 cm³/mol. The second-order valence-corrected chi connectivity index (χ2v) is 14.3. The average molecular weight is 616 g/mol. The molecule has 0 saturated carbocycles. The van der Waals surface area contributed by atoms with Gasteiger partial charge in [-0.3, -0.25) is 14.6 Å². The summed E-state index contributed by atoms with van der Waals surface area (Å²) in [5.41, 5.74) is 1.49. The predicted octanol–water partition coefficient (Wildman–Crippen LogP) is 1.78. The number of hydrogen-bond acceptors (Lipinski definition) is 9. The molecule has 0 bridgehead atoms. The number of aliphatic carboxylic acids is 1. The number of rotatable bonds is 13. The lowest BCUT2D eigenvalue weighted by molar-refractivity contribution is -0.142. The highest BCUT2D eigenvalue weighted by atomic mass is 32.2. The number of carbonyl (C=O) groups is 3. The molecule has 1 saturated heterocycles. The molecule has 2 aliphatic heterocycles. The standard InChI is InChI=1S/C29H37N5O6S2/c1-29(2)25(34(19-41-29)42(39,40)23-8-4-3-5-9-23)26(36)33-24(27(37)38)18-21-12-10-20(11-13-21)17-22(35)7-6-14-30-28-31-15-16-32-28/h3-5,8-13,24-25H,6-7,14-19H2,1-2H3,(H,33,36)(H,37,38)(H2,30,31,32)/t24-,25+/m0/s1. The fourth-order valence-electron chi connectivity index (χ4n) is 4.92. The Labute approximate surface area is 250 Å². The Hall–Kier alpha value is -3.42. The Balaban J connectivity index is 1.35. The van der Waals surface area contributed by atoms with E-state index in [1.165, 1.54) is 23.9 Å². The van der Waals surface area contributed by atoms with Gasteiger partial charge in [0.1, 0.15) is 17.9 Å². The van der Waals surface area contributed by atoms with Crippen molar-refractivity contribution in [1.29, 1.82) is 0 Å². The number of aliphatic imine (C=N–C) groups is 1. The van der Waals surface area contributed by atoms with E-state index in [0.29, 0.717) is 24.9 Å². The topological polar surface area (TPSA) is 157 Å². The second-order valence-electron chi connectivity index (χ2n) is 10.8. The number of guanidine groups is 1. The maximum atomic E-state index is 13.5. The van der Waals surface area contributed by atoms with E-state index >= 15 is 0 Å². The van der Waals surface area contributed by atoms with E-state index < -0.39 is 38.7 Å². The van der Waals surface area contributed by atoms with E-state index in [9.17, 15) is 27.9 Å². The Morgan fingerprint density at radius 1 is 1.12 bits per heavy atom. The van der Waals surface area contributed by atoms with Gasteiger partial charge in [0.15, 0.2) is 5.96 Å². The summed E-state index contributed by atoms with van der Waals surface area (Å²) in [5.74, 6) is -0.938. The first-order valence-electron chi connectivity index (χ1n) is 13.8. The Morgan fingerprint density at radius 2 is 1.81 bits per heavy atom. The van der Waals surface area contributed by atoms with Gasteiger partial charge < -0.3 is 21.1 Å².